The highest BCUT2D eigenvalue weighted by Crippen LogP contribution is 2.24. The molecule has 6 heteroatoms. The van der Waals surface area contributed by atoms with E-state index in [2.05, 4.69) is 11.1 Å². The third-order valence-electron chi connectivity index (χ3n) is 3.44. The van der Waals surface area contributed by atoms with Crippen molar-refractivity contribution in [3.63, 3.8) is 0 Å². The quantitative estimate of drug-likeness (QED) is 0.637. The van der Waals surface area contributed by atoms with Gasteiger partial charge in [-0.15, -0.1) is 0 Å². The van der Waals surface area contributed by atoms with Crippen LogP contribution < -0.4 is 0 Å². The summed E-state index contributed by atoms with van der Waals surface area (Å²) in [6, 6.07) is 2.09. The molecule has 2 aromatic rings. The largest absolute Gasteiger partial charge is 0.461 e. The molecule has 2 rings (SSSR count). The number of aryl methyl sites for hydroxylation is 1. The maximum atomic E-state index is 12.2. The number of rotatable bonds is 3. The average Bonchev–Trinajstić information content (AvgIpc) is 2.69. The summed E-state index contributed by atoms with van der Waals surface area (Å²) in [6.07, 6.45) is 1.32. The molecule has 0 aromatic carbocycles. The second-order valence-corrected chi connectivity index (χ2v) is 4.65. The van der Waals surface area contributed by atoms with Crippen molar-refractivity contribution in [2.75, 3.05) is 6.61 Å². The highest BCUT2D eigenvalue weighted by Gasteiger charge is 2.24. The van der Waals surface area contributed by atoms with Gasteiger partial charge in [-0.2, -0.15) is 5.26 Å². The molecule has 0 bridgehead atoms. The van der Waals surface area contributed by atoms with Crippen molar-refractivity contribution in [3.05, 3.63) is 34.3 Å². The topological polar surface area (TPSA) is 84.5 Å². The molecule has 21 heavy (non-hydrogen) atoms. The fraction of sp³-hybridized carbons (Fsp3) is 0.333. The molecule has 0 N–H and O–H groups in total. The summed E-state index contributed by atoms with van der Waals surface area (Å²) >= 11 is 0. The lowest BCUT2D eigenvalue weighted by molar-refractivity contribution is 0.0514. The molecule has 0 saturated heterocycles. The van der Waals surface area contributed by atoms with E-state index in [1.165, 1.54) is 17.5 Å². The number of ether oxygens (including phenoxy) is 1. The van der Waals surface area contributed by atoms with Crippen molar-refractivity contribution >= 4 is 17.4 Å². The van der Waals surface area contributed by atoms with Crippen molar-refractivity contribution in [2.45, 2.75) is 27.7 Å². The van der Waals surface area contributed by atoms with Crippen LogP contribution in [-0.4, -0.2) is 27.7 Å². The van der Waals surface area contributed by atoms with E-state index in [1.54, 1.807) is 20.8 Å². The number of hydrogen-bond donors (Lipinski definition) is 0. The van der Waals surface area contributed by atoms with Gasteiger partial charge in [-0.25, -0.2) is 9.78 Å². The van der Waals surface area contributed by atoms with Gasteiger partial charge in [0.25, 0.3) is 0 Å². The predicted molar refractivity (Wildman–Crippen MR) is 75.3 cm³/mol. The third-order valence-corrected chi connectivity index (χ3v) is 3.44. The molecule has 6 nitrogen and oxygen atoms in total. The SMILES string of the molecule is CCOC(=O)c1c(C(C)=O)cnc2c(C#N)c(C)c(C)n12. The highest BCUT2D eigenvalue weighted by atomic mass is 16.5. The number of carbonyl (C=O) groups excluding carboxylic acids is 2. The molecule has 0 radical (unpaired) electrons. The predicted octanol–water partition coefficient (Wildman–Crippen LogP) is 2.20. The van der Waals surface area contributed by atoms with Crippen LogP contribution >= 0.6 is 0 Å². The zero-order valence-corrected chi connectivity index (χ0v) is 12.4. The first-order valence-electron chi connectivity index (χ1n) is 6.52. The van der Waals surface area contributed by atoms with Gasteiger partial charge in [-0.1, -0.05) is 0 Å². The number of Topliss-reactive ketones (excluding diaryl/α,β-unsaturated/α-hetero) is 1. The van der Waals surface area contributed by atoms with Crippen molar-refractivity contribution in [3.8, 4) is 6.07 Å². The van der Waals surface area contributed by atoms with Crippen LogP contribution in [0.25, 0.3) is 5.65 Å². The maximum Gasteiger partial charge on any atom is 0.356 e. The second kappa shape index (κ2) is 5.37. The summed E-state index contributed by atoms with van der Waals surface area (Å²) < 4.78 is 6.57. The van der Waals surface area contributed by atoms with Crippen LogP contribution in [0.2, 0.25) is 0 Å². The van der Waals surface area contributed by atoms with Crippen LogP contribution in [0.3, 0.4) is 0 Å². The smallest absolute Gasteiger partial charge is 0.356 e. The first-order valence-corrected chi connectivity index (χ1v) is 6.52. The van der Waals surface area contributed by atoms with Crippen molar-refractivity contribution in [1.82, 2.24) is 9.38 Å². The fourth-order valence-corrected chi connectivity index (χ4v) is 2.28. The van der Waals surface area contributed by atoms with Gasteiger partial charge in [0.05, 0.1) is 17.7 Å². The lowest BCUT2D eigenvalue weighted by atomic mass is 10.1. The number of esters is 1. The minimum absolute atomic E-state index is 0.122. The molecule has 0 fully saturated rings. The van der Waals surface area contributed by atoms with E-state index in [9.17, 15) is 14.9 Å². The number of fused-ring (bicyclic) bond motifs is 1. The van der Waals surface area contributed by atoms with Gasteiger partial charge in [0.1, 0.15) is 11.8 Å². The maximum absolute atomic E-state index is 12.2. The zero-order chi connectivity index (χ0) is 15.7. The first kappa shape index (κ1) is 14.7. The zero-order valence-electron chi connectivity index (χ0n) is 12.4. The van der Waals surface area contributed by atoms with E-state index < -0.39 is 5.97 Å². The molecule has 0 aliphatic rings. The Morgan fingerprint density at radius 1 is 1.43 bits per heavy atom. The molecule has 0 atom stereocenters. The standard InChI is InChI=1S/C15H15N3O3/c1-5-21-15(20)13-12(10(4)19)7-17-14-11(6-16)8(2)9(3)18(13)14/h7H,5H2,1-4H3. The molecule has 0 saturated carbocycles. The van der Waals surface area contributed by atoms with Gasteiger partial charge in [-0.05, 0) is 33.3 Å². The molecule has 2 aromatic heterocycles. The van der Waals surface area contributed by atoms with E-state index in [-0.39, 0.29) is 23.6 Å². The summed E-state index contributed by atoms with van der Waals surface area (Å²) in [5.74, 6) is -0.880. The lowest BCUT2D eigenvalue weighted by Gasteiger charge is -2.10. The van der Waals surface area contributed by atoms with Crippen molar-refractivity contribution in [1.29, 1.82) is 5.26 Å². The number of hydrogen-bond acceptors (Lipinski definition) is 5. The minimum Gasteiger partial charge on any atom is -0.461 e. The second-order valence-electron chi connectivity index (χ2n) is 4.65. The Bertz CT molecular complexity index is 797. The summed E-state index contributed by atoms with van der Waals surface area (Å²) in [5, 5.41) is 9.25. The highest BCUT2D eigenvalue weighted by molar-refractivity contribution is 6.04. The molecular formula is C15H15N3O3. The number of nitriles is 1. The molecule has 0 spiro atoms. The Balaban J connectivity index is 2.95. The van der Waals surface area contributed by atoms with Gasteiger partial charge >= 0.3 is 5.97 Å². The van der Waals surface area contributed by atoms with Gasteiger partial charge in [0.2, 0.25) is 0 Å². The normalized spacial score (nSPS) is 10.4. The fourth-order valence-electron chi connectivity index (χ4n) is 2.28. The number of nitrogens with zero attached hydrogens (tertiary/aromatic N) is 3. The van der Waals surface area contributed by atoms with Crippen LogP contribution in [-0.2, 0) is 4.74 Å². The molecule has 0 amide bonds. The van der Waals surface area contributed by atoms with Crippen LogP contribution in [0.5, 0.6) is 0 Å². The Labute approximate surface area is 122 Å². The van der Waals surface area contributed by atoms with Gasteiger partial charge in [0, 0.05) is 11.9 Å². The Morgan fingerprint density at radius 2 is 2.10 bits per heavy atom. The average molecular weight is 285 g/mol. The lowest BCUT2D eigenvalue weighted by Crippen LogP contribution is -2.17. The summed E-state index contributed by atoms with van der Waals surface area (Å²) in [4.78, 5) is 28.2. The van der Waals surface area contributed by atoms with E-state index in [1.807, 2.05) is 0 Å². The van der Waals surface area contributed by atoms with Crippen LogP contribution in [0, 0.1) is 25.2 Å². The Kier molecular flexibility index (Phi) is 3.76. The van der Waals surface area contributed by atoms with Crippen molar-refractivity contribution < 1.29 is 14.3 Å². The van der Waals surface area contributed by atoms with Crippen LogP contribution in [0.4, 0.5) is 0 Å². The monoisotopic (exact) mass is 285 g/mol. The number of carbonyl (C=O) groups is 2. The first-order chi connectivity index (χ1) is 9.93. The van der Waals surface area contributed by atoms with Crippen molar-refractivity contribution in [2.24, 2.45) is 0 Å². The van der Waals surface area contributed by atoms with E-state index in [0.717, 1.165) is 5.56 Å². The van der Waals surface area contributed by atoms with Gasteiger partial charge < -0.3 is 4.74 Å². The molecule has 2 heterocycles. The molecule has 0 aliphatic carbocycles. The third kappa shape index (κ3) is 2.17. The van der Waals surface area contributed by atoms with Crippen LogP contribution in [0.15, 0.2) is 6.20 Å². The van der Waals surface area contributed by atoms with E-state index in [4.69, 9.17) is 4.74 Å². The minimum atomic E-state index is -0.599. The summed E-state index contributed by atoms with van der Waals surface area (Å²) in [7, 11) is 0. The Morgan fingerprint density at radius 3 is 2.62 bits per heavy atom. The molecule has 108 valence electrons. The molecule has 0 unspecified atom stereocenters. The summed E-state index contributed by atoms with van der Waals surface area (Å²) in [6.45, 7) is 6.81. The number of aromatic nitrogens is 2. The summed E-state index contributed by atoms with van der Waals surface area (Å²) in [5.41, 5.74) is 2.49. The Hall–Kier alpha value is -2.68. The molecule has 0 aliphatic heterocycles. The van der Waals surface area contributed by atoms with E-state index in [0.29, 0.717) is 16.9 Å². The van der Waals surface area contributed by atoms with E-state index >= 15 is 0 Å². The number of ketones is 1. The van der Waals surface area contributed by atoms with Gasteiger partial charge in [0.15, 0.2) is 11.4 Å². The van der Waals surface area contributed by atoms with Crippen LogP contribution in [0.1, 0.15) is 51.5 Å². The molecular weight excluding hydrogens is 270 g/mol. The van der Waals surface area contributed by atoms with Gasteiger partial charge in [-0.3, -0.25) is 9.20 Å².